The summed E-state index contributed by atoms with van der Waals surface area (Å²) in [6, 6.07) is 8.04. The molecule has 2 aromatic carbocycles. The first-order chi connectivity index (χ1) is 10.5. The lowest BCUT2D eigenvalue weighted by molar-refractivity contribution is 0.174. The van der Waals surface area contributed by atoms with Gasteiger partial charge >= 0.3 is 0 Å². The number of halogens is 1. The van der Waals surface area contributed by atoms with Crippen LogP contribution in [0.3, 0.4) is 0 Å². The van der Waals surface area contributed by atoms with E-state index in [1.165, 1.54) is 31.4 Å². The van der Waals surface area contributed by atoms with E-state index in [-0.39, 0.29) is 17.4 Å². The summed E-state index contributed by atoms with van der Waals surface area (Å²) in [5.74, 6) is 0.206. The number of hydrogen-bond acceptors (Lipinski definition) is 5. The van der Waals surface area contributed by atoms with Crippen LogP contribution in [-0.2, 0) is 10.0 Å². The van der Waals surface area contributed by atoms with Gasteiger partial charge in [0.2, 0.25) is 6.79 Å². The van der Waals surface area contributed by atoms with E-state index in [2.05, 4.69) is 4.72 Å². The molecule has 3 rings (SSSR count). The zero-order valence-corrected chi connectivity index (χ0v) is 12.3. The SMILES string of the molecule is COc1ccc(S(=O)(=O)Nc2ccc3c(c2)OCO3)cc1F. The Morgan fingerprint density at radius 2 is 1.91 bits per heavy atom. The lowest BCUT2D eigenvalue weighted by atomic mass is 10.3. The molecule has 0 amide bonds. The predicted molar refractivity (Wildman–Crippen MR) is 76.3 cm³/mol. The van der Waals surface area contributed by atoms with Crippen molar-refractivity contribution < 1.29 is 27.0 Å². The van der Waals surface area contributed by atoms with Gasteiger partial charge in [-0.3, -0.25) is 4.72 Å². The Morgan fingerprint density at radius 1 is 1.14 bits per heavy atom. The summed E-state index contributed by atoms with van der Waals surface area (Å²) in [4.78, 5) is -0.205. The number of anilines is 1. The number of rotatable bonds is 4. The fraction of sp³-hybridized carbons (Fsp3) is 0.143. The van der Waals surface area contributed by atoms with Crippen molar-refractivity contribution in [2.24, 2.45) is 0 Å². The highest BCUT2D eigenvalue weighted by Gasteiger charge is 2.19. The second-order valence-corrected chi connectivity index (χ2v) is 6.15. The van der Waals surface area contributed by atoms with Crippen molar-refractivity contribution in [2.45, 2.75) is 4.90 Å². The maximum Gasteiger partial charge on any atom is 0.262 e. The van der Waals surface area contributed by atoms with E-state index >= 15 is 0 Å². The lowest BCUT2D eigenvalue weighted by Crippen LogP contribution is -2.13. The van der Waals surface area contributed by atoms with E-state index in [0.29, 0.717) is 17.2 Å². The van der Waals surface area contributed by atoms with Gasteiger partial charge in [-0.25, -0.2) is 12.8 Å². The van der Waals surface area contributed by atoms with Gasteiger partial charge in [0.25, 0.3) is 10.0 Å². The van der Waals surface area contributed by atoms with Gasteiger partial charge in [-0.05, 0) is 30.3 Å². The summed E-state index contributed by atoms with van der Waals surface area (Å²) in [5.41, 5.74) is 0.292. The minimum Gasteiger partial charge on any atom is -0.494 e. The van der Waals surface area contributed by atoms with Crippen molar-refractivity contribution in [2.75, 3.05) is 18.6 Å². The van der Waals surface area contributed by atoms with Crippen LogP contribution >= 0.6 is 0 Å². The number of nitrogens with one attached hydrogen (secondary N) is 1. The van der Waals surface area contributed by atoms with Crippen molar-refractivity contribution >= 4 is 15.7 Å². The van der Waals surface area contributed by atoms with Crippen LogP contribution in [0.15, 0.2) is 41.3 Å². The summed E-state index contributed by atoms with van der Waals surface area (Å²) < 4.78 is 55.6. The molecule has 0 saturated heterocycles. The van der Waals surface area contributed by atoms with Gasteiger partial charge in [-0.1, -0.05) is 0 Å². The normalized spacial score (nSPS) is 13.0. The average molecular weight is 325 g/mol. The van der Waals surface area contributed by atoms with Crippen LogP contribution in [0.25, 0.3) is 0 Å². The first kappa shape index (κ1) is 14.5. The Morgan fingerprint density at radius 3 is 2.64 bits per heavy atom. The van der Waals surface area contributed by atoms with Crippen molar-refractivity contribution in [1.82, 2.24) is 0 Å². The summed E-state index contributed by atoms with van der Waals surface area (Å²) in [6.45, 7) is 0.0925. The Labute approximate surface area is 126 Å². The summed E-state index contributed by atoms with van der Waals surface area (Å²) in [7, 11) is -2.62. The largest absolute Gasteiger partial charge is 0.494 e. The van der Waals surface area contributed by atoms with Crippen LogP contribution in [0.5, 0.6) is 17.2 Å². The molecule has 116 valence electrons. The quantitative estimate of drug-likeness (QED) is 0.934. The smallest absolute Gasteiger partial charge is 0.262 e. The Bertz CT molecular complexity index is 822. The molecular weight excluding hydrogens is 313 g/mol. The van der Waals surface area contributed by atoms with Crippen molar-refractivity contribution in [3.63, 3.8) is 0 Å². The second kappa shape index (κ2) is 5.38. The second-order valence-electron chi connectivity index (χ2n) is 4.47. The molecule has 2 aromatic rings. The maximum atomic E-state index is 13.6. The van der Waals surface area contributed by atoms with Crippen LogP contribution < -0.4 is 18.9 Å². The summed E-state index contributed by atoms with van der Waals surface area (Å²) in [6.07, 6.45) is 0. The average Bonchev–Trinajstić information content (AvgIpc) is 2.94. The van der Waals surface area contributed by atoms with E-state index in [0.717, 1.165) is 6.07 Å². The Balaban J connectivity index is 1.89. The highest BCUT2D eigenvalue weighted by Crippen LogP contribution is 2.35. The van der Waals surface area contributed by atoms with Crippen LogP contribution in [0.2, 0.25) is 0 Å². The van der Waals surface area contributed by atoms with Crippen LogP contribution in [-0.4, -0.2) is 22.3 Å². The molecule has 0 fully saturated rings. The zero-order valence-electron chi connectivity index (χ0n) is 11.5. The topological polar surface area (TPSA) is 73.9 Å². The zero-order chi connectivity index (χ0) is 15.7. The number of fused-ring (bicyclic) bond motifs is 1. The van der Waals surface area contributed by atoms with Crippen LogP contribution in [0, 0.1) is 5.82 Å². The molecular formula is C14H12FNO5S. The van der Waals surface area contributed by atoms with Gasteiger partial charge in [-0.2, -0.15) is 0 Å². The van der Waals surface area contributed by atoms with Crippen LogP contribution in [0.4, 0.5) is 10.1 Å². The van der Waals surface area contributed by atoms with Crippen molar-refractivity contribution in [3.05, 3.63) is 42.2 Å². The molecule has 1 aliphatic rings. The minimum atomic E-state index is -3.92. The molecule has 0 aliphatic carbocycles. The van der Waals surface area contributed by atoms with Crippen LogP contribution in [0.1, 0.15) is 0 Å². The van der Waals surface area contributed by atoms with Crippen molar-refractivity contribution in [1.29, 1.82) is 0 Å². The first-order valence-electron chi connectivity index (χ1n) is 6.25. The Kier molecular flexibility index (Phi) is 3.53. The maximum absolute atomic E-state index is 13.6. The fourth-order valence-electron chi connectivity index (χ4n) is 1.99. The monoisotopic (exact) mass is 325 g/mol. The lowest BCUT2D eigenvalue weighted by Gasteiger charge is -2.10. The Hall–Kier alpha value is -2.48. The number of sulfonamides is 1. The van der Waals surface area contributed by atoms with Gasteiger partial charge in [-0.15, -0.1) is 0 Å². The minimum absolute atomic E-state index is 0.0259. The molecule has 0 spiro atoms. The molecule has 22 heavy (non-hydrogen) atoms. The summed E-state index contributed by atoms with van der Waals surface area (Å²) >= 11 is 0. The van der Waals surface area contributed by atoms with Gasteiger partial charge in [0.05, 0.1) is 17.7 Å². The molecule has 0 radical (unpaired) electrons. The summed E-state index contributed by atoms with van der Waals surface area (Å²) in [5, 5.41) is 0. The number of methoxy groups -OCH3 is 1. The van der Waals surface area contributed by atoms with E-state index in [1.807, 2.05) is 0 Å². The molecule has 6 nitrogen and oxygen atoms in total. The molecule has 8 heteroatoms. The molecule has 1 heterocycles. The molecule has 1 aliphatic heterocycles. The number of ether oxygens (including phenoxy) is 3. The first-order valence-corrected chi connectivity index (χ1v) is 7.74. The fourth-order valence-corrected chi connectivity index (χ4v) is 3.05. The van der Waals surface area contributed by atoms with E-state index in [4.69, 9.17) is 14.2 Å². The third-order valence-corrected chi connectivity index (χ3v) is 4.44. The standard InChI is InChI=1S/C14H12FNO5S/c1-19-12-5-3-10(7-11(12)15)22(17,18)16-9-2-4-13-14(6-9)21-8-20-13/h2-7,16H,8H2,1H3. The number of hydrogen-bond donors (Lipinski definition) is 1. The third-order valence-electron chi connectivity index (χ3n) is 3.06. The van der Waals surface area contributed by atoms with E-state index < -0.39 is 15.8 Å². The highest BCUT2D eigenvalue weighted by molar-refractivity contribution is 7.92. The van der Waals surface area contributed by atoms with Gasteiger partial charge < -0.3 is 14.2 Å². The molecule has 0 saturated carbocycles. The number of benzene rings is 2. The van der Waals surface area contributed by atoms with E-state index in [9.17, 15) is 12.8 Å². The molecule has 0 bridgehead atoms. The van der Waals surface area contributed by atoms with E-state index in [1.54, 1.807) is 6.07 Å². The molecule has 0 atom stereocenters. The van der Waals surface area contributed by atoms with Crippen molar-refractivity contribution in [3.8, 4) is 17.2 Å². The predicted octanol–water partition coefficient (Wildman–Crippen LogP) is 2.36. The molecule has 0 aromatic heterocycles. The van der Waals surface area contributed by atoms with Gasteiger partial charge in [0, 0.05) is 6.07 Å². The highest BCUT2D eigenvalue weighted by atomic mass is 32.2. The van der Waals surface area contributed by atoms with Gasteiger partial charge in [0.15, 0.2) is 23.1 Å². The molecule has 1 N–H and O–H groups in total. The molecule has 0 unspecified atom stereocenters. The third kappa shape index (κ3) is 2.64. The van der Waals surface area contributed by atoms with Gasteiger partial charge in [0.1, 0.15) is 0 Å².